The van der Waals surface area contributed by atoms with Crippen molar-refractivity contribution < 1.29 is 9.53 Å². The SMILES string of the molecule is CC(C)NC(=O)N1CC(COc2cncc(Cl)n2)C1. The lowest BCUT2D eigenvalue weighted by molar-refractivity contribution is 0.0830. The standard InChI is InChI=1S/C12H17ClN4O2/c1-8(2)15-12(18)17-5-9(6-17)7-19-11-4-14-3-10(13)16-11/h3-4,8-9H,5-7H2,1-2H3,(H,15,18). The highest BCUT2D eigenvalue weighted by Gasteiger charge is 2.31. The Morgan fingerprint density at radius 2 is 2.32 bits per heavy atom. The first-order chi connectivity index (χ1) is 9.04. The second-order valence-corrected chi connectivity index (χ2v) is 5.25. The molecule has 1 fully saturated rings. The summed E-state index contributed by atoms with van der Waals surface area (Å²) in [5, 5.41) is 3.16. The average Bonchev–Trinajstić information content (AvgIpc) is 2.25. The topological polar surface area (TPSA) is 67.4 Å². The van der Waals surface area contributed by atoms with Crippen molar-refractivity contribution in [3.8, 4) is 5.88 Å². The maximum atomic E-state index is 11.6. The highest BCUT2D eigenvalue weighted by atomic mass is 35.5. The molecule has 1 N–H and O–H groups in total. The summed E-state index contributed by atoms with van der Waals surface area (Å²) >= 11 is 5.71. The molecule has 0 aliphatic carbocycles. The largest absolute Gasteiger partial charge is 0.476 e. The first kappa shape index (κ1) is 13.9. The van der Waals surface area contributed by atoms with Gasteiger partial charge in [-0.3, -0.25) is 4.98 Å². The van der Waals surface area contributed by atoms with E-state index in [2.05, 4.69) is 15.3 Å². The van der Waals surface area contributed by atoms with E-state index in [1.165, 1.54) is 12.4 Å². The molecule has 1 aliphatic rings. The normalized spacial score (nSPS) is 15.3. The van der Waals surface area contributed by atoms with Crippen LogP contribution >= 0.6 is 11.6 Å². The molecule has 0 bridgehead atoms. The Labute approximate surface area is 117 Å². The number of halogens is 1. The molecular weight excluding hydrogens is 268 g/mol. The molecule has 0 spiro atoms. The molecule has 0 saturated carbocycles. The van der Waals surface area contributed by atoms with E-state index in [9.17, 15) is 4.79 Å². The molecule has 7 heteroatoms. The maximum absolute atomic E-state index is 11.6. The molecule has 1 aromatic heterocycles. The lowest BCUT2D eigenvalue weighted by Gasteiger charge is -2.39. The van der Waals surface area contributed by atoms with Gasteiger partial charge in [0.2, 0.25) is 5.88 Å². The molecule has 2 rings (SSSR count). The van der Waals surface area contributed by atoms with Crippen LogP contribution in [0, 0.1) is 5.92 Å². The average molecular weight is 285 g/mol. The first-order valence-electron chi connectivity index (χ1n) is 6.20. The number of rotatable bonds is 4. The van der Waals surface area contributed by atoms with E-state index < -0.39 is 0 Å². The summed E-state index contributed by atoms with van der Waals surface area (Å²) in [5.74, 6) is 0.747. The summed E-state index contributed by atoms with van der Waals surface area (Å²) in [6.45, 7) is 5.80. The van der Waals surface area contributed by atoms with E-state index in [4.69, 9.17) is 16.3 Å². The molecule has 0 aromatic carbocycles. The van der Waals surface area contributed by atoms with Gasteiger partial charge >= 0.3 is 6.03 Å². The number of ether oxygens (including phenoxy) is 1. The van der Waals surface area contributed by atoms with Crippen LogP contribution in [0.5, 0.6) is 5.88 Å². The summed E-state index contributed by atoms with van der Waals surface area (Å²) < 4.78 is 5.48. The summed E-state index contributed by atoms with van der Waals surface area (Å²) in [5.41, 5.74) is 0. The van der Waals surface area contributed by atoms with E-state index >= 15 is 0 Å². The van der Waals surface area contributed by atoms with E-state index in [1.54, 1.807) is 4.90 Å². The minimum atomic E-state index is -0.0196. The van der Waals surface area contributed by atoms with Gasteiger partial charge in [0.1, 0.15) is 0 Å². The van der Waals surface area contributed by atoms with E-state index in [0.29, 0.717) is 36.6 Å². The molecule has 0 atom stereocenters. The minimum absolute atomic E-state index is 0.0196. The lowest BCUT2D eigenvalue weighted by atomic mass is 10.0. The van der Waals surface area contributed by atoms with Crippen LogP contribution in [0.2, 0.25) is 5.15 Å². The number of carbonyl (C=O) groups is 1. The second kappa shape index (κ2) is 6.06. The van der Waals surface area contributed by atoms with Crippen molar-refractivity contribution in [2.45, 2.75) is 19.9 Å². The predicted molar refractivity (Wildman–Crippen MR) is 71.3 cm³/mol. The van der Waals surface area contributed by atoms with Crippen molar-refractivity contribution in [1.29, 1.82) is 0 Å². The zero-order valence-electron chi connectivity index (χ0n) is 11.0. The molecular formula is C12H17ClN4O2. The Balaban J connectivity index is 1.69. The molecule has 6 nitrogen and oxygen atoms in total. The number of hydrogen-bond acceptors (Lipinski definition) is 4. The molecule has 0 radical (unpaired) electrons. The third kappa shape index (κ3) is 3.96. The molecule has 2 heterocycles. The van der Waals surface area contributed by atoms with Gasteiger partial charge in [-0.05, 0) is 13.8 Å². The van der Waals surface area contributed by atoms with Gasteiger partial charge in [-0.15, -0.1) is 0 Å². The zero-order valence-corrected chi connectivity index (χ0v) is 11.7. The number of hydrogen-bond donors (Lipinski definition) is 1. The quantitative estimate of drug-likeness (QED) is 0.911. The third-order valence-corrected chi connectivity index (χ3v) is 2.89. The summed E-state index contributed by atoms with van der Waals surface area (Å²) in [4.78, 5) is 21.3. The Hall–Kier alpha value is -1.56. The van der Waals surface area contributed by atoms with E-state index in [1.807, 2.05) is 13.8 Å². The summed E-state index contributed by atoms with van der Waals surface area (Å²) in [6.07, 6.45) is 2.98. The van der Waals surface area contributed by atoms with Crippen LogP contribution in [0.15, 0.2) is 12.4 Å². The fraction of sp³-hybridized carbons (Fsp3) is 0.583. The number of aromatic nitrogens is 2. The van der Waals surface area contributed by atoms with E-state index in [0.717, 1.165) is 0 Å². The van der Waals surface area contributed by atoms with Gasteiger partial charge in [0.25, 0.3) is 0 Å². The van der Waals surface area contributed by atoms with Crippen molar-refractivity contribution in [3.63, 3.8) is 0 Å². The van der Waals surface area contributed by atoms with Gasteiger partial charge in [-0.1, -0.05) is 11.6 Å². The van der Waals surface area contributed by atoms with E-state index in [-0.39, 0.29) is 12.1 Å². The highest BCUT2D eigenvalue weighted by molar-refractivity contribution is 6.29. The molecule has 19 heavy (non-hydrogen) atoms. The van der Waals surface area contributed by atoms with Gasteiger partial charge in [-0.25, -0.2) is 4.79 Å². The molecule has 104 valence electrons. The lowest BCUT2D eigenvalue weighted by Crippen LogP contribution is -2.56. The number of nitrogens with one attached hydrogen (secondary N) is 1. The predicted octanol–water partition coefficient (Wildman–Crippen LogP) is 1.56. The fourth-order valence-corrected chi connectivity index (χ4v) is 1.92. The Bertz CT molecular complexity index is 449. The van der Waals surface area contributed by atoms with Crippen molar-refractivity contribution >= 4 is 17.6 Å². The number of urea groups is 1. The van der Waals surface area contributed by atoms with Gasteiger partial charge in [-0.2, -0.15) is 4.98 Å². The molecule has 1 aliphatic heterocycles. The third-order valence-electron chi connectivity index (χ3n) is 2.71. The molecule has 0 unspecified atom stereocenters. The van der Waals surface area contributed by atoms with Crippen molar-refractivity contribution in [2.24, 2.45) is 5.92 Å². The van der Waals surface area contributed by atoms with Crippen LogP contribution in [0.4, 0.5) is 4.79 Å². The van der Waals surface area contributed by atoms with Crippen molar-refractivity contribution in [2.75, 3.05) is 19.7 Å². The smallest absolute Gasteiger partial charge is 0.317 e. The van der Waals surface area contributed by atoms with Crippen LogP contribution in [-0.2, 0) is 0 Å². The van der Waals surface area contributed by atoms with Crippen LogP contribution in [0.3, 0.4) is 0 Å². The van der Waals surface area contributed by atoms with Gasteiger partial charge in [0, 0.05) is 25.0 Å². The van der Waals surface area contributed by atoms with Crippen molar-refractivity contribution in [3.05, 3.63) is 17.5 Å². The van der Waals surface area contributed by atoms with Crippen LogP contribution in [0.1, 0.15) is 13.8 Å². The number of carbonyl (C=O) groups excluding carboxylic acids is 1. The van der Waals surface area contributed by atoms with Gasteiger partial charge in [0.15, 0.2) is 5.15 Å². The highest BCUT2D eigenvalue weighted by Crippen LogP contribution is 2.17. The maximum Gasteiger partial charge on any atom is 0.317 e. The number of amides is 2. The van der Waals surface area contributed by atoms with Gasteiger partial charge in [0.05, 0.1) is 19.0 Å². The Morgan fingerprint density at radius 1 is 1.58 bits per heavy atom. The summed E-state index contributed by atoms with van der Waals surface area (Å²) in [6, 6.07) is 0.137. The van der Waals surface area contributed by atoms with Crippen LogP contribution in [0.25, 0.3) is 0 Å². The minimum Gasteiger partial charge on any atom is -0.476 e. The molecule has 2 amide bonds. The Kier molecular flexibility index (Phi) is 4.42. The molecule has 1 saturated heterocycles. The first-order valence-corrected chi connectivity index (χ1v) is 6.58. The van der Waals surface area contributed by atoms with Crippen LogP contribution < -0.4 is 10.1 Å². The Morgan fingerprint density at radius 3 is 2.95 bits per heavy atom. The second-order valence-electron chi connectivity index (χ2n) is 4.87. The van der Waals surface area contributed by atoms with Crippen molar-refractivity contribution in [1.82, 2.24) is 20.2 Å². The summed E-state index contributed by atoms with van der Waals surface area (Å²) in [7, 11) is 0. The number of likely N-dealkylation sites (tertiary alicyclic amines) is 1. The van der Waals surface area contributed by atoms with Crippen LogP contribution in [-0.4, -0.2) is 46.6 Å². The van der Waals surface area contributed by atoms with Gasteiger partial charge < -0.3 is 15.0 Å². The zero-order chi connectivity index (χ0) is 13.8. The monoisotopic (exact) mass is 284 g/mol. The fourth-order valence-electron chi connectivity index (χ4n) is 1.78. The molecule has 1 aromatic rings. The number of nitrogens with zero attached hydrogens (tertiary/aromatic N) is 3.